The Bertz CT molecular complexity index is 1840. The molecule has 10 N–H and O–H groups in total. The maximum Gasteiger partial charge on any atom is 0.259 e. The second kappa shape index (κ2) is 25.0. The molecular formula is C42H67N11O14. The van der Waals surface area contributed by atoms with Crippen LogP contribution in [0.5, 0.6) is 0 Å². The lowest BCUT2D eigenvalue weighted by Crippen LogP contribution is -2.59. The first-order chi connectivity index (χ1) is 32.0. The Balaban J connectivity index is 1.33. The number of nitrogens with zero attached hydrogens (tertiary/aromatic N) is 6. The molecule has 7 rings (SSSR count). The molecule has 7 fully saturated rings. The highest BCUT2D eigenvalue weighted by Gasteiger charge is 2.44. The average molecular weight is 950 g/mol. The maximum absolute atomic E-state index is 13.8. The third-order valence-electron chi connectivity index (χ3n) is 13.2. The molecule has 25 nitrogen and oxygen atoms in total. The van der Waals surface area contributed by atoms with Crippen LogP contribution >= 0.6 is 0 Å². The summed E-state index contributed by atoms with van der Waals surface area (Å²) < 4.78 is 0. The summed E-state index contributed by atoms with van der Waals surface area (Å²) in [5.74, 6) is -9.85. The highest BCUT2D eigenvalue weighted by atomic mass is 16.5. The van der Waals surface area contributed by atoms with E-state index in [1.54, 1.807) is 0 Å². The zero-order valence-corrected chi connectivity index (χ0v) is 37.9. The summed E-state index contributed by atoms with van der Waals surface area (Å²) in [7, 11) is 0. The SMILES string of the molecule is NCCCC[C@H]1CNC(=O)C2CCC(C(=O)NCCCN(C(=O)C3CCCC(=O)N3O)CCCCN(C(=O)C3CCCC(=O)N3O)CCCNC(=O)C3CCC(C(=O)N1)N(O)C3=O)C(=O)N2O. The van der Waals surface area contributed by atoms with Gasteiger partial charge in [0.2, 0.25) is 47.3 Å². The number of hydrogen-bond donors (Lipinski definition) is 9. The lowest BCUT2D eigenvalue weighted by atomic mass is 9.91. The molecular weight excluding hydrogens is 883 g/mol. The van der Waals surface area contributed by atoms with Crippen molar-refractivity contribution in [2.75, 3.05) is 52.4 Å². The fraction of sp³-hybridized carbons (Fsp3) is 0.762. The topological polar surface area (TPSA) is 345 Å². The molecule has 0 aliphatic carbocycles. The third kappa shape index (κ3) is 13.6. The number of hydroxylamine groups is 8. The quantitative estimate of drug-likeness (QED) is 0.0769. The molecule has 4 bridgehead atoms. The highest BCUT2D eigenvalue weighted by Crippen LogP contribution is 2.25. The molecule has 0 aromatic heterocycles. The van der Waals surface area contributed by atoms with Crippen LogP contribution in [-0.2, 0) is 47.9 Å². The van der Waals surface area contributed by atoms with E-state index in [-0.39, 0.29) is 120 Å². The van der Waals surface area contributed by atoms with Gasteiger partial charge in [-0.05, 0) is 96.4 Å². The second-order valence-corrected chi connectivity index (χ2v) is 17.8. The van der Waals surface area contributed by atoms with Crippen LogP contribution < -0.4 is 27.0 Å². The van der Waals surface area contributed by atoms with Crippen molar-refractivity contribution in [1.82, 2.24) is 51.3 Å². The Morgan fingerprint density at radius 2 is 0.970 bits per heavy atom. The number of rotatable bonds is 6. The van der Waals surface area contributed by atoms with Crippen LogP contribution in [-0.4, -0.2) is 193 Å². The van der Waals surface area contributed by atoms with Gasteiger partial charge >= 0.3 is 0 Å². The van der Waals surface area contributed by atoms with Gasteiger partial charge in [0.05, 0.1) is 0 Å². The number of unbranched alkanes of at least 4 members (excludes halogenated alkanes) is 1. The van der Waals surface area contributed by atoms with E-state index in [0.717, 1.165) is 0 Å². The molecule has 7 saturated heterocycles. The van der Waals surface area contributed by atoms with Gasteiger partial charge < -0.3 is 36.8 Å². The van der Waals surface area contributed by atoms with Crippen molar-refractivity contribution in [3.8, 4) is 0 Å². The van der Waals surface area contributed by atoms with Gasteiger partial charge in [-0.1, -0.05) is 6.42 Å². The Morgan fingerprint density at radius 1 is 0.522 bits per heavy atom. The van der Waals surface area contributed by atoms with Crippen molar-refractivity contribution < 1.29 is 68.8 Å². The van der Waals surface area contributed by atoms with Gasteiger partial charge in [0.15, 0.2) is 0 Å². The van der Waals surface area contributed by atoms with Crippen LogP contribution in [0.15, 0.2) is 0 Å². The molecule has 67 heavy (non-hydrogen) atoms. The fourth-order valence-corrected chi connectivity index (χ4v) is 9.21. The van der Waals surface area contributed by atoms with Gasteiger partial charge in [0, 0.05) is 64.7 Å². The molecule has 7 aliphatic heterocycles. The van der Waals surface area contributed by atoms with Crippen molar-refractivity contribution in [1.29, 1.82) is 0 Å². The predicted octanol–water partition coefficient (Wildman–Crippen LogP) is -2.29. The standard InChI is InChI=1S/C42H67N11O14/c43-18-2-1-9-26-25-46-37(58)29-16-14-27(39(60)52(29)66)35(56)44-19-7-23-48(41(62)31-10-5-12-33(54)50(31)64)21-3-4-22-49(42(63)32-11-6-13-34(55)51(32)65)24-8-20-45-36(57)28-15-17-30(38(59)47-26)53(67)40(28)61/h26-32,64-67H,1-25,43H2,(H,44,56)(H,45,57)(H,46,58)(H,47,59)/t26-,27?,28?,29?,30?,31?,32?/m0/s1. The molecule has 0 saturated carbocycles. The van der Waals surface area contributed by atoms with Gasteiger partial charge in [-0.15, -0.1) is 0 Å². The minimum Gasteiger partial charge on any atom is -0.355 e. The van der Waals surface area contributed by atoms with E-state index >= 15 is 0 Å². The number of hydrogen-bond acceptors (Lipinski definition) is 15. The van der Waals surface area contributed by atoms with Crippen molar-refractivity contribution in [3.05, 3.63) is 0 Å². The number of fused-ring (bicyclic) bond motifs is 2. The van der Waals surface area contributed by atoms with Gasteiger partial charge in [-0.25, -0.2) is 20.3 Å². The number of carbonyl (C=O) groups is 10. The second-order valence-electron chi connectivity index (χ2n) is 17.8. The van der Waals surface area contributed by atoms with E-state index in [4.69, 9.17) is 5.73 Å². The largest absolute Gasteiger partial charge is 0.355 e. The first kappa shape index (κ1) is 52.5. The van der Waals surface area contributed by atoms with Crippen molar-refractivity contribution in [2.24, 2.45) is 17.6 Å². The lowest BCUT2D eigenvalue weighted by molar-refractivity contribution is -0.192. The zero-order chi connectivity index (χ0) is 48.8. The molecule has 0 spiro atoms. The van der Waals surface area contributed by atoms with E-state index in [0.29, 0.717) is 61.6 Å². The molecule has 0 aromatic rings. The summed E-state index contributed by atoms with van der Waals surface area (Å²) >= 11 is 0. The molecule has 374 valence electrons. The van der Waals surface area contributed by atoms with Gasteiger partial charge in [-0.3, -0.25) is 68.8 Å². The normalized spacial score (nSPS) is 29.1. The number of carbonyl (C=O) groups excluding carboxylic acids is 10. The smallest absolute Gasteiger partial charge is 0.259 e. The van der Waals surface area contributed by atoms with E-state index < -0.39 is 101 Å². The van der Waals surface area contributed by atoms with E-state index in [9.17, 15) is 68.8 Å². The van der Waals surface area contributed by atoms with Gasteiger partial charge in [0.25, 0.3) is 11.8 Å². The van der Waals surface area contributed by atoms with Gasteiger partial charge in [0.1, 0.15) is 36.0 Å². The Kier molecular flexibility index (Phi) is 19.6. The van der Waals surface area contributed by atoms with Crippen molar-refractivity contribution in [3.63, 3.8) is 0 Å². The summed E-state index contributed by atoms with van der Waals surface area (Å²) in [6, 6.07) is -5.73. The van der Waals surface area contributed by atoms with Crippen molar-refractivity contribution in [2.45, 2.75) is 139 Å². The predicted molar refractivity (Wildman–Crippen MR) is 228 cm³/mol. The molecule has 25 heteroatoms. The monoisotopic (exact) mass is 949 g/mol. The van der Waals surface area contributed by atoms with Crippen LogP contribution in [0.4, 0.5) is 0 Å². The molecule has 0 radical (unpaired) electrons. The maximum atomic E-state index is 13.8. The molecule has 7 aliphatic rings. The van der Waals surface area contributed by atoms with Crippen LogP contribution in [0, 0.1) is 11.8 Å². The van der Waals surface area contributed by atoms with E-state index in [1.807, 2.05) is 0 Å². The van der Waals surface area contributed by atoms with Crippen LogP contribution in [0.25, 0.3) is 0 Å². The van der Waals surface area contributed by atoms with Crippen LogP contribution in [0.2, 0.25) is 0 Å². The van der Waals surface area contributed by atoms with Crippen molar-refractivity contribution >= 4 is 59.1 Å². The summed E-state index contributed by atoms with van der Waals surface area (Å²) in [6.07, 6.45) is 3.39. The Labute approximate surface area is 387 Å². The molecule has 7 heterocycles. The molecule has 6 unspecified atom stereocenters. The number of nitrogens with two attached hydrogens (primary N) is 1. The summed E-state index contributed by atoms with van der Waals surface area (Å²) in [5, 5.41) is 54.6. The molecule has 0 aromatic carbocycles. The van der Waals surface area contributed by atoms with Crippen LogP contribution in [0.3, 0.4) is 0 Å². The molecule has 7 atom stereocenters. The molecule has 10 amide bonds. The Morgan fingerprint density at radius 3 is 1.43 bits per heavy atom. The fourth-order valence-electron chi connectivity index (χ4n) is 9.21. The zero-order valence-electron chi connectivity index (χ0n) is 37.9. The Hall–Kier alpha value is -5.50. The number of amides is 10. The van der Waals surface area contributed by atoms with E-state index in [1.165, 1.54) is 9.80 Å². The van der Waals surface area contributed by atoms with Crippen LogP contribution in [0.1, 0.15) is 109 Å². The lowest BCUT2D eigenvalue weighted by Gasteiger charge is -2.35. The number of nitrogens with one attached hydrogen (secondary N) is 4. The summed E-state index contributed by atoms with van der Waals surface area (Å²) in [4.78, 5) is 135. The number of piperidine rings is 4. The minimum atomic E-state index is -1.36. The summed E-state index contributed by atoms with van der Waals surface area (Å²) in [6.45, 7) is 0.497. The average Bonchev–Trinajstić information content (AvgIpc) is 3.30. The minimum absolute atomic E-state index is 0.00811. The van der Waals surface area contributed by atoms with E-state index in [2.05, 4.69) is 21.3 Å². The highest BCUT2D eigenvalue weighted by molar-refractivity contribution is 6.03. The van der Waals surface area contributed by atoms with Gasteiger partial charge in [-0.2, -0.15) is 0 Å². The third-order valence-corrected chi connectivity index (χ3v) is 13.2. The summed E-state index contributed by atoms with van der Waals surface area (Å²) in [5.41, 5.74) is 5.66. The first-order valence-electron chi connectivity index (χ1n) is 23.5. The first-order valence-corrected chi connectivity index (χ1v) is 23.5.